The zero-order valence-electron chi connectivity index (χ0n) is 11.9. The summed E-state index contributed by atoms with van der Waals surface area (Å²) in [5.41, 5.74) is 2.24. The van der Waals surface area contributed by atoms with Crippen LogP contribution < -0.4 is 5.32 Å². The molecule has 21 heavy (non-hydrogen) atoms. The van der Waals surface area contributed by atoms with Crippen LogP contribution in [0.15, 0.2) is 46.9 Å². The molecule has 0 aromatic heterocycles. The fourth-order valence-electron chi connectivity index (χ4n) is 2.28. The third-order valence-electron chi connectivity index (χ3n) is 3.36. The molecule has 0 saturated carbocycles. The minimum atomic E-state index is 0.158. The van der Waals surface area contributed by atoms with Crippen molar-refractivity contribution in [3.63, 3.8) is 0 Å². The Balaban J connectivity index is 2.27. The maximum Gasteiger partial charge on any atom is 0.0465 e. The van der Waals surface area contributed by atoms with Gasteiger partial charge in [-0.3, -0.25) is 0 Å². The lowest BCUT2D eigenvalue weighted by Gasteiger charge is -2.21. The summed E-state index contributed by atoms with van der Waals surface area (Å²) in [6, 6.07) is 14.1. The Hall–Kier alpha value is -0.540. The van der Waals surface area contributed by atoms with Gasteiger partial charge in [0.1, 0.15) is 0 Å². The summed E-state index contributed by atoms with van der Waals surface area (Å²) < 4.78 is 0.989. The number of nitrogens with one attached hydrogen (secondary N) is 1. The van der Waals surface area contributed by atoms with Crippen LogP contribution in [0.1, 0.15) is 30.5 Å². The van der Waals surface area contributed by atoms with Crippen LogP contribution in [0.3, 0.4) is 0 Å². The summed E-state index contributed by atoms with van der Waals surface area (Å²) in [5.74, 6) is 0. The summed E-state index contributed by atoms with van der Waals surface area (Å²) in [4.78, 5) is 0. The minimum Gasteiger partial charge on any atom is -0.310 e. The molecule has 0 aliphatic carbocycles. The standard InChI is InChI=1S/C17H18BrCl2N/c1-2-9-21-17(10-12-5-3-4-6-15(12)19)14-8-7-13(18)11-16(14)20/h3-8,11,17,21H,2,9-10H2,1H3. The molecule has 0 fully saturated rings. The molecule has 2 aromatic rings. The lowest BCUT2D eigenvalue weighted by Crippen LogP contribution is -2.24. The first kappa shape index (κ1) is 16.8. The maximum atomic E-state index is 6.41. The van der Waals surface area contributed by atoms with Gasteiger partial charge in [0.2, 0.25) is 0 Å². The topological polar surface area (TPSA) is 12.0 Å². The minimum absolute atomic E-state index is 0.158. The SMILES string of the molecule is CCCNC(Cc1ccccc1Cl)c1ccc(Br)cc1Cl. The van der Waals surface area contributed by atoms with E-state index >= 15 is 0 Å². The molecule has 0 saturated heterocycles. The normalized spacial score (nSPS) is 12.4. The summed E-state index contributed by atoms with van der Waals surface area (Å²) >= 11 is 16.1. The molecule has 2 rings (SSSR count). The molecule has 1 N–H and O–H groups in total. The van der Waals surface area contributed by atoms with Crippen LogP contribution in [0.4, 0.5) is 0 Å². The van der Waals surface area contributed by atoms with Crippen molar-refractivity contribution in [2.75, 3.05) is 6.54 Å². The number of benzene rings is 2. The lowest BCUT2D eigenvalue weighted by molar-refractivity contribution is 0.529. The summed E-state index contributed by atoms with van der Waals surface area (Å²) in [5, 5.41) is 5.13. The average Bonchev–Trinajstić information content (AvgIpc) is 2.46. The van der Waals surface area contributed by atoms with E-state index in [0.717, 1.165) is 45.0 Å². The van der Waals surface area contributed by atoms with Crippen LogP contribution in [0.2, 0.25) is 10.0 Å². The highest BCUT2D eigenvalue weighted by atomic mass is 79.9. The number of hydrogen-bond donors (Lipinski definition) is 1. The molecule has 112 valence electrons. The molecule has 4 heteroatoms. The molecule has 1 atom stereocenters. The molecule has 0 amide bonds. The molecule has 0 spiro atoms. The van der Waals surface area contributed by atoms with Gasteiger partial charge >= 0.3 is 0 Å². The summed E-state index contributed by atoms with van der Waals surface area (Å²) in [6.07, 6.45) is 1.90. The van der Waals surface area contributed by atoms with E-state index in [-0.39, 0.29) is 6.04 Å². The average molecular weight is 387 g/mol. The number of halogens is 3. The second kappa shape index (κ2) is 8.19. The Morgan fingerprint density at radius 3 is 2.52 bits per heavy atom. The Morgan fingerprint density at radius 1 is 1.10 bits per heavy atom. The second-order valence-corrected chi connectivity index (χ2v) is 6.70. The van der Waals surface area contributed by atoms with Crippen LogP contribution in [-0.4, -0.2) is 6.54 Å². The van der Waals surface area contributed by atoms with Crippen molar-refractivity contribution < 1.29 is 0 Å². The predicted octanol–water partition coefficient (Wildman–Crippen LogP) is 6.04. The Labute approximate surface area is 144 Å². The smallest absolute Gasteiger partial charge is 0.0465 e. The fourth-order valence-corrected chi connectivity index (χ4v) is 3.30. The largest absolute Gasteiger partial charge is 0.310 e. The van der Waals surface area contributed by atoms with E-state index in [0.29, 0.717) is 0 Å². The summed E-state index contributed by atoms with van der Waals surface area (Å²) in [7, 11) is 0. The first-order valence-corrected chi connectivity index (χ1v) is 8.58. The zero-order chi connectivity index (χ0) is 15.2. The van der Waals surface area contributed by atoms with Crippen molar-refractivity contribution in [1.82, 2.24) is 5.32 Å². The van der Waals surface area contributed by atoms with Gasteiger partial charge in [-0.2, -0.15) is 0 Å². The lowest BCUT2D eigenvalue weighted by atomic mass is 9.98. The quantitative estimate of drug-likeness (QED) is 0.638. The molecule has 2 aromatic carbocycles. The van der Waals surface area contributed by atoms with Crippen LogP contribution in [0.25, 0.3) is 0 Å². The number of hydrogen-bond acceptors (Lipinski definition) is 1. The third-order valence-corrected chi connectivity index (χ3v) is 4.55. The van der Waals surface area contributed by atoms with Gasteiger partial charge in [-0.05, 0) is 48.7 Å². The van der Waals surface area contributed by atoms with Gasteiger partial charge in [0.05, 0.1) is 0 Å². The van der Waals surface area contributed by atoms with Gasteiger partial charge in [-0.15, -0.1) is 0 Å². The highest BCUT2D eigenvalue weighted by Gasteiger charge is 2.16. The molecule has 0 bridgehead atoms. The fraction of sp³-hybridized carbons (Fsp3) is 0.294. The van der Waals surface area contributed by atoms with Gasteiger partial charge in [0, 0.05) is 20.6 Å². The van der Waals surface area contributed by atoms with E-state index < -0.39 is 0 Å². The molecule has 0 aliphatic heterocycles. The molecule has 0 radical (unpaired) electrons. The van der Waals surface area contributed by atoms with Crippen molar-refractivity contribution in [1.29, 1.82) is 0 Å². The second-order valence-electron chi connectivity index (χ2n) is 4.97. The third kappa shape index (κ3) is 4.72. The van der Waals surface area contributed by atoms with Crippen molar-refractivity contribution in [2.24, 2.45) is 0 Å². The number of rotatable bonds is 6. The first-order chi connectivity index (χ1) is 10.1. The van der Waals surface area contributed by atoms with Crippen LogP contribution in [0, 0.1) is 0 Å². The van der Waals surface area contributed by atoms with Crippen LogP contribution >= 0.6 is 39.1 Å². The molecule has 0 heterocycles. The van der Waals surface area contributed by atoms with Crippen LogP contribution in [-0.2, 0) is 6.42 Å². The highest BCUT2D eigenvalue weighted by molar-refractivity contribution is 9.10. The van der Waals surface area contributed by atoms with Crippen LogP contribution in [0.5, 0.6) is 0 Å². The van der Waals surface area contributed by atoms with Crippen molar-refractivity contribution in [2.45, 2.75) is 25.8 Å². The van der Waals surface area contributed by atoms with E-state index in [2.05, 4.69) is 40.3 Å². The molecule has 1 unspecified atom stereocenters. The van der Waals surface area contributed by atoms with E-state index in [1.165, 1.54) is 0 Å². The predicted molar refractivity (Wildman–Crippen MR) is 95.3 cm³/mol. The Bertz CT molecular complexity index is 601. The van der Waals surface area contributed by atoms with E-state index in [9.17, 15) is 0 Å². The van der Waals surface area contributed by atoms with Gasteiger partial charge in [0.25, 0.3) is 0 Å². The van der Waals surface area contributed by atoms with E-state index in [1.807, 2.05) is 30.3 Å². The Kier molecular flexibility index (Phi) is 6.56. The van der Waals surface area contributed by atoms with E-state index in [4.69, 9.17) is 23.2 Å². The molecular formula is C17H18BrCl2N. The maximum absolute atomic E-state index is 6.41. The highest BCUT2D eigenvalue weighted by Crippen LogP contribution is 2.30. The Morgan fingerprint density at radius 2 is 1.86 bits per heavy atom. The van der Waals surface area contributed by atoms with Gasteiger partial charge in [-0.25, -0.2) is 0 Å². The van der Waals surface area contributed by atoms with E-state index in [1.54, 1.807) is 0 Å². The molecular weight excluding hydrogens is 369 g/mol. The van der Waals surface area contributed by atoms with Crippen molar-refractivity contribution >= 4 is 39.1 Å². The monoisotopic (exact) mass is 385 g/mol. The summed E-state index contributed by atoms with van der Waals surface area (Å²) in [6.45, 7) is 3.10. The first-order valence-electron chi connectivity index (χ1n) is 7.03. The van der Waals surface area contributed by atoms with Gasteiger partial charge < -0.3 is 5.32 Å². The van der Waals surface area contributed by atoms with Crippen molar-refractivity contribution in [3.05, 3.63) is 68.1 Å². The molecule has 0 aliphatic rings. The van der Waals surface area contributed by atoms with Gasteiger partial charge in [-0.1, -0.05) is 70.3 Å². The van der Waals surface area contributed by atoms with Gasteiger partial charge in [0.15, 0.2) is 0 Å². The van der Waals surface area contributed by atoms with Crippen molar-refractivity contribution in [3.8, 4) is 0 Å². The molecule has 1 nitrogen and oxygen atoms in total. The zero-order valence-corrected chi connectivity index (χ0v) is 15.0.